The van der Waals surface area contributed by atoms with E-state index in [1.165, 1.54) is 6.07 Å². The fourth-order valence-electron chi connectivity index (χ4n) is 1.46. The molecule has 6 nitrogen and oxygen atoms in total. The van der Waals surface area contributed by atoms with E-state index in [9.17, 15) is 9.59 Å². The van der Waals surface area contributed by atoms with Crippen molar-refractivity contribution < 1.29 is 19.4 Å². The zero-order valence-corrected chi connectivity index (χ0v) is 11.1. The van der Waals surface area contributed by atoms with Crippen LogP contribution in [0.4, 0.5) is 14.6 Å². The molecule has 7 heteroatoms. The highest BCUT2D eigenvalue weighted by molar-refractivity contribution is 7.18. The first-order chi connectivity index (χ1) is 9.63. The summed E-state index contributed by atoms with van der Waals surface area (Å²) in [6.07, 6.45) is -1.38. The molecule has 0 aliphatic carbocycles. The number of carbonyl (C=O) groups excluding carboxylic acids is 1. The SMILES string of the molecule is O=C(NCc1ccccc1)Nc1ccc(OC(=O)O)s1. The van der Waals surface area contributed by atoms with Crippen molar-refractivity contribution in [2.45, 2.75) is 6.54 Å². The molecular weight excluding hydrogens is 280 g/mol. The van der Waals surface area contributed by atoms with Crippen molar-refractivity contribution in [2.24, 2.45) is 0 Å². The van der Waals surface area contributed by atoms with Crippen LogP contribution in [0.3, 0.4) is 0 Å². The summed E-state index contributed by atoms with van der Waals surface area (Å²) in [4.78, 5) is 22.0. The van der Waals surface area contributed by atoms with Crippen LogP contribution in [-0.4, -0.2) is 17.3 Å². The quantitative estimate of drug-likeness (QED) is 0.755. The summed E-state index contributed by atoms with van der Waals surface area (Å²) in [7, 11) is 0. The van der Waals surface area contributed by atoms with Gasteiger partial charge in [-0.2, -0.15) is 0 Å². The molecule has 0 atom stereocenters. The molecule has 0 unspecified atom stereocenters. The first-order valence-corrected chi connectivity index (χ1v) is 6.54. The number of anilines is 1. The Bertz CT molecular complexity index is 597. The van der Waals surface area contributed by atoms with E-state index in [4.69, 9.17) is 5.11 Å². The molecule has 0 aliphatic rings. The van der Waals surface area contributed by atoms with Crippen LogP contribution in [0.25, 0.3) is 0 Å². The van der Waals surface area contributed by atoms with Gasteiger partial charge in [0.2, 0.25) is 0 Å². The Morgan fingerprint density at radius 3 is 2.60 bits per heavy atom. The Morgan fingerprint density at radius 2 is 1.90 bits per heavy atom. The molecule has 2 amide bonds. The number of carboxylic acid groups (broad SMARTS) is 1. The predicted molar refractivity (Wildman–Crippen MR) is 75.3 cm³/mol. The topological polar surface area (TPSA) is 87.7 Å². The normalized spacial score (nSPS) is 9.80. The minimum Gasteiger partial charge on any atom is -0.449 e. The van der Waals surface area contributed by atoms with Gasteiger partial charge in [0.1, 0.15) is 5.00 Å². The smallest absolute Gasteiger partial charge is 0.449 e. The lowest BCUT2D eigenvalue weighted by Crippen LogP contribution is -2.27. The first-order valence-electron chi connectivity index (χ1n) is 5.73. The number of hydrogen-bond acceptors (Lipinski definition) is 4. The van der Waals surface area contributed by atoms with Gasteiger partial charge >= 0.3 is 12.2 Å². The van der Waals surface area contributed by atoms with E-state index in [2.05, 4.69) is 15.4 Å². The standard InChI is InChI=1S/C13H12N2O4S/c16-12(14-8-9-4-2-1-3-5-9)15-10-6-7-11(20-10)19-13(17)18/h1-7H,8H2,(H,17,18)(H2,14,15,16). The zero-order chi connectivity index (χ0) is 14.4. The number of benzene rings is 1. The summed E-state index contributed by atoms with van der Waals surface area (Å²) in [6, 6.07) is 12.2. The number of hydrogen-bond donors (Lipinski definition) is 3. The van der Waals surface area contributed by atoms with Crippen LogP contribution >= 0.6 is 11.3 Å². The van der Waals surface area contributed by atoms with Crippen molar-refractivity contribution in [3.63, 3.8) is 0 Å². The van der Waals surface area contributed by atoms with Crippen molar-refractivity contribution in [2.75, 3.05) is 5.32 Å². The van der Waals surface area contributed by atoms with Gasteiger partial charge in [-0.05, 0) is 17.7 Å². The van der Waals surface area contributed by atoms with E-state index in [0.717, 1.165) is 16.9 Å². The van der Waals surface area contributed by atoms with Gasteiger partial charge in [0, 0.05) is 6.54 Å². The summed E-state index contributed by atoms with van der Waals surface area (Å²) in [5.41, 5.74) is 0.990. The van der Waals surface area contributed by atoms with Crippen LogP contribution in [0.1, 0.15) is 5.56 Å². The largest absolute Gasteiger partial charge is 0.512 e. The van der Waals surface area contributed by atoms with Gasteiger partial charge in [0.15, 0.2) is 5.06 Å². The second-order valence-corrected chi connectivity index (χ2v) is 4.83. The first kappa shape index (κ1) is 13.9. The van der Waals surface area contributed by atoms with Crippen LogP contribution in [0, 0.1) is 0 Å². The Morgan fingerprint density at radius 1 is 1.15 bits per heavy atom. The third-order valence-electron chi connectivity index (χ3n) is 2.30. The van der Waals surface area contributed by atoms with Crippen molar-refractivity contribution in [1.82, 2.24) is 5.32 Å². The molecular formula is C13H12N2O4S. The summed E-state index contributed by atoms with van der Waals surface area (Å²) in [5.74, 6) is 0. The highest BCUT2D eigenvalue weighted by Crippen LogP contribution is 2.28. The third-order valence-corrected chi connectivity index (χ3v) is 3.18. The third kappa shape index (κ3) is 4.29. The molecule has 1 heterocycles. The van der Waals surface area contributed by atoms with E-state index >= 15 is 0 Å². The van der Waals surface area contributed by atoms with E-state index in [1.54, 1.807) is 6.07 Å². The number of carbonyl (C=O) groups is 2. The molecule has 1 aromatic carbocycles. The highest BCUT2D eigenvalue weighted by atomic mass is 32.1. The van der Waals surface area contributed by atoms with Gasteiger partial charge in [0.25, 0.3) is 0 Å². The Balaban J connectivity index is 1.82. The van der Waals surface area contributed by atoms with Gasteiger partial charge in [0.05, 0.1) is 0 Å². The van der Waals surface area contributed by atoms with Crippen LogP contribution in [0.15, 0.2) is 42.5 Å². The molecule has 0 spiro atoms. The fraction of sp³-hybridized carbons (Fsp3) is 0.0769. The monoisotopic (exact) mass is 292 g/mol. The lowest BCUT2D eigenvalue weighted by Gasteiger charge is -2.05. The summed E-state index contributed by atoms with van der Waals surface area (Å²) < 4.78 is 4.47. The Hall–Kier alpha value is -2.54. The molecule has 0 radical (unpaired) electrons. The molecule has 1 aromatic heterocycles. The van der Waals surface area contributed by atoms with Gasteiger partial charge in [-0.3, -0.25) is 5.32 Å². The molecule has 0 saturated heterocycles. The average molecular weight is 292 g/mol. The van der Waals surface area contributed by atoms with Crippen LogP contribution in [0.2, 0.25) is 0 Å². The Labute approximate surface area is 119 Å². The molecule has 104 valence electrons. The van der Waals surface area contributed by atoms with E-state index in [1.807, 2.05) is 30.3 Å². The lowest BCUT2D eigenvalue weighted by atomic mass is 10.2. The van der Waals surface area contributed by atoms with E-state index in [-0.39, 0.29) is 11.1 Å². The average Bonchev–Trinajstić information content (AvgIpc) is 2.84. The predicted octanol–water partition coefficient (Wildman–Crippen LogP) is 3.13. The maximum absolute atomic E-state index is 11.6. The van der Waals surface area contributed by atoms with Gasteiger partial charge in [-0.25, -0.2) is 9.59 Å². The number of rotatable bonds is 4. The maximum atomic E-state index is 11.6. The number of thiophene rings is 1. The number of amides is 2. The number of urea groups is 1. The van der Waals surface area contributed by atoms with Crippen molar-refractivity contribution >= 4 is 28.5 Å². The van der Waals surface area contributed by atoms with Crippen molar-refractivity contribution in [1.29, 1.82) is 0 Å². The molecule has 0 aliphatic heterocycles. The maximum Gasteiger partial charge on any atom is 0.512 e. The van der Waals surface area contributed by atoms with Gasteiger partial charge < -0.3 is 15.2 Å². The Kier molecular flexibility index (Phi) is 4.56. The van der Waals surface area contributed by atoms with Gasteiger partial charge in [-0.15, -0.1) is 0 Å². The molecule has 0 fully saturated rings. The summed E-state index contributed by atoms with van der Waals surface area (Å²) >= 11 is 1.04. The van der Waals surface area contributed by atoms with Crippen LogP contribution in [0.5, 0.6) is 5.06 Å². The molecule has 0 bridgehead atoms. The molecule has 20 heavy (non-hydrogen) atoms. The zero-order valence-electron chi connectivity index (χ0n) is 10.3. The van der Waals surface area contributed by atoms with Crippen molar-refractivity contribution in [3.05, 3.63) is 48.0 Å². The summed E-state index contributed by atoms with van der Waals surface area (Å²) in [5, 5.41) is 14.5. The lowest BCUT2D eigenvalue weighted by molar-refractivity contribution is 0.146. The van der Waals surface area contributed by atoms with Gasteiger partial charge in [-0.1, -0.05) is 41.7 Å². The van der Waals surface area contributed by atoms with Crippen LogP contribution in [-0.2, 0) is 6.54 Å². The second kappa shape index (κ2) is 6.58. The fourth-order valence-corrected chi connectivity index (χ4v) is 2.21. The number of ether oxygens (including phenoxy) is 1. The highest BCUT2D eigenvalue weighted by Gasteiger charge is 2.07. The minimum absolute atomic E-state index is 0.204. The minimum atomic E-state index is -1.38. The summed E-state index contributed by atoms with van der Waals surface area (Å²) in [6.45, 7) is 0.413. The van der Waals surface area contributed by atoms with Crippen LogP contribution < -0.4 is 15.4 Å². The second-order valence-electron chi connectivity index (χ2n) is 3.78. The molecule has 2 aromatic rings. The van der Waals surface area contributed by atoms with Crippen molar-refractivity contribution in [3.8, 4) is 5.06 Å². The molecule has 0 saturated carbocycles. The molecule has 3 N–H and O–H groups in total. The molecule has 2 rings (SSSR count). The number of nitrogens with one attached hydrogen (secondary N) is 2. The van der Waals surface area contributed by atoms with E-state index < -0.39 is 6.16 Å². The van der Waals surface area contributed by atoms with E-state index in [0.29, 0.717) is 11.5 Å².